The number of nitrogens with zero attached hydrogens (tertiary/aromatic N) is 1. The van der Waals surface area contributed by atoms with E-state index in [4.69, 9.17) is 5.73 Å². The summed E-state index contributed by atoms with van der Waals surface area (Å²) < 4.78 is 0. The van der Waals surface area contributed by atoms with Gasteiger partial charge < -0.3 is 5.73 Å². The van der Waals surface area contributed by atoms with Gasteiger partial charge in [-0.05, 0) is 41.8 Å². The van der Waals surface area contributed by atoms with Crippen LogP contribution in [0.1, 0.15) is 45.7 Å². The summed E-state index contributed by atoms with van der Waals surface area (Å²) in [6.07, 6.45) is 3.88. The second kappa shape index (κ2) is 4.06. The molecule has 2 nitrogen and oxygen atoms in total. The van der Waals surface area contributed by atoms with Crippen molar-refractivity contribution in [2.45, 2.75) is 45.6 Å². The Hall–Kier alpha value is -1.41. The molecule has 0 aliphatic rings. The van der Waals surface area contributed by atoms with Gasteiger partial charge in [0, 0.05) is 23.3 Å². The fraction of sp³-hybridized carbons (Fsp3) is 0.438. The molecule has 0 aliphatic carbocycles. The number of fused-ring (bicyclic) bond motifs is 1. The number of rotatable bonds is 1. The van der Waals surface area contributed by atoms with Crippen LogP contribution in [-0.2, 0) is 11.0 Å². The van der Waals surface area contributed by atoms with Gasteiger partial charge in [-0.1, -0.05) is 32.9 Å². The van der Waals surface area contributed by atoms with Gasteiger partial charge in [-0.15, -0.1) is 0 Å². The van der Waals surface area contributed by atoms with E-state index in [0.717, 1.165) is 5.56 Å². The Morgan fingerprint density at radius 3 is 2.22 bits per heavy atom. The van der Waals surface area contributed by atoms with Crippen molar-refractivity contribution in [2.24, 2.45) is 5.73 Å². The Labute approximate surface area is 109 Å². The van der Waals surface area contributed by atoms with Crippen LogP contribution in [0.3, 0.4) is 0 Å². The fourth-order valence-electron chi connectivity index (χ4n) is 2.17. The Balaban J connectivity index is 2.68. The van der Waals surface area contributed by atoms with Crippen LogP contribution in [0.4, 0.5) is 0 Å². The summed E-state index contributed by atoms with van der Waals surface area (Å²) in [5.74, 6) is 0. The Bertz CT molecular complexity index is 572. The molecule has 96 valence electrons. The van der Waals surface area contributed by atoms with Crippen molar-refractivity contribution in [1.82, 2.24) is 4.98 Å². The summed E-state index contributed by atoms with van der Waals surface area (Å²) in [6, 6.07) is 6.44. The maximum Gasteiger partial charge on any atom is 0.0352 e. The molecule has 0 saturated heterocycles. The summed E-state index contributed by atoms with van der Waals surface area (Å²) in [7, 11) is 0. The number of nitrogens with two attached hydrogens (primary N) is 1. The Morgan fingerprint density at radius 2 is 1.67 bits per heavy atom. The third-order valence-corrected chi connectivity index (χ3v) is 3.31. The van der Waals surface area contributed by atoms with Gasteiger partial charge in [0.15, 0.2) is 0 Å². The highest BCUT2D eigenvalue weighted by Crippen LogP contribution is 2.30. The highest BCUT2D eigenvalue weighted by atomic mass is 14.7. The molecule has 0 amide bonds. The van der Waals surface area contributed by atoms with Crippen molar-refractivity contribution in [3.05, 3.63) is 41.7 Å². The molecule has 1 aromatic heterocycles. The summed E-state index contributed by atoms with van der Waals surface area (Å²) in [5.41, 5.74) is 8.36. The van der Waals surface area contributed by atoms with Gasteiger partial charge in [0.2, 0.25) is 0 Å². The number of pyridine rings is 1. The zero-order valence-corrected chi connectivity index (χ0v) is 11.9. The molecule has 2 aromatic rings. The van der Waals surface area contributed by atoms with Crippen molar-refractivity contribution in [1.29, 1.82) is 0 Å². The normalized spacial score (nSPS) is 13.0. The smallest absolute Gasteiger partial charge is 0.0352 e. The van der Waals surface area contributed by atoms with E-state index >= 15 is 0 Å². The van der Waals surface area contributed by atoms with Crippen LogP contribution in [-0.4, -0.2) is 4.98 Å². The summed E-state index contributed by atoms with van der Waals surface area (Å²) >= 11 is 0. The molecule has 0 saturated carbocycles. The van der Waals surface area contributed by atoms with E-state index in [1.165, 1.54) is 16.3 Å². The second-order valence-electron chi connectivity index (χ2n) is 6.59. The number of benzene rings is 1. The van der Waals surface area contributed by atoms with Crippen molar-refractivity contribution in [3.63, 3.8) is 0 Å². The predicted molar refractivity (Wildman–Crippen MR) is 77.7 cm³/mol. The Morgan fingerprint density at radius 1 is 1.00 bits per heavy atom. The minimum absolute atomic E-state index is 0.103. The SMILES string of the molecule is CC(C)(C)c1cncc2cc(C(C)(C)N)ccc12. The molecule has 0 fully saturated rings. The van der Waals surface area contributed by atoms with Gasteiger partial charge in [0.1, 0.15) is 0 Å². The lowest BCUT2D eigenvalue weighted by molar-refractivity contribution is 0.555. The molecule has 2 heteroatoms. The van der Waals surface area contributed by atoms with E-state index in [-0.39, 0.29) is 11.0 Å². The van der Waals surface area contributed by atoms with Crippen LogP contribution in [0, 0.1) is 0 Å². The molecule has 1 aromatic carbocycles. The van der Waals surface area contributed by atoms with Crippen LogP contribution >= 0.6 is 0 Å². The molecule has 0 aliphatic heterocycles. The van der Waals surface area contributed by atoms with Gasteiger partial charge in [-0.2, -0.15) is 0 Å². The lowest BCUT2D eigenvalue weighted by Crippen LogP contribution is -2.28. The van der Waals surface area contributed by atoms with Crippen molar-refractivity contribution in [3.8, 4) is 0 Å². The minimum atomic E-state index is -0.314. The highest BCUT2D eigenvalue weighted by molar-refractivity contribution is 5.86. The van der Waals surface area contributed by atoms with Gasteiger partial charge >= 0.3 is 0 Å². The van der Waals surface area contributed by atoms with Crippen LogP contribution in [0.25, 0.3) is 10.8 Å². The average molecular weight is 242 g/mol. The highest BCUT2D eigenvalue weighted by Gasteiger charge is 2.19. The first kappa shape index (κ1) is 13.0. The standard InChI is InChI=1S/C16H22N2/c1-15(2,3)14-10-18-9-11-8-12(16(4,5)17)6-7-13(11)14/h6-10H,17H2,1-5H3. The minimum Gasteiger partial charge on any atom is -0.322 e. The van der Waals surface area contributed by atoms with Gasteiger partial charge in [0.05, 0.1) is 0 Å². The lowest BCUT2D eigenvalue weighted by Gasteiger charge is -2.23. The largest absolute Gasteiger partial charge is 0.322 e. The molecule has 0 unspecified atom stereocenters. The van der Waals surface area contributed by atoms with E-state index < -0.39 is 0 Å². The average Bonchev–Trinajstić information content (AvgIpc) is 2.25. The van der Waals surface area contributed by atoms with Crippen LogP contribution in [0.15, 0.2) is 30.6 Å². The summed E-state index contributed by atoms with van der Waals surface area (Å²) in [6.45, 7) is 10.7. The Kier molecular flexibility index (Phi) is 2.94. The molecule has 0 radical (unpaired) electrons. The molecule has 2 N–H and O–H groups in total. The van der Waals surface area contributed by atoms with E-state index in [1.807, 2.05) is 26.2 Å². The van der Waals surface area contributed by atoms with Crippen LogP contribution in [0.2, 0.25) is 0 Å². The third-order valence-electron chi connectivity index (χ3n) is 3.31. The maximum atomic E-state index is 6.15. The quantitative estimate of drug-likeness (QED) is 0.827. The number of aromatic nitrogens is 1. The zero-order chi connectivity index (χ0) is 13.6. The monoisotopic (exact) mass is 242 g/mol. The third kappa shape index (κ3) is 2.39. The van der Waals surface area contributed by atoms with Gasteiger partial charge in [0.25, 0.3) is 0 Å². The molecule has 0 bridgehead atoms. The summed E-state index contributed by atoms with van der Waals surface area (Å²) in [5, 5.41) is 2.43. The molecule has 1 heterocycles. The fourth-order valence-corrected chi connectivity index (χ4v) is 2.17. The molecule has 2 rings (SSSR count). The van der Waals surface area contributed by atoms with Crippen LogP contribution < -0.4 is 5.73 Å². The lowest BCUT2D eigenvalue weighted by atomic mass is 9.84. The molecule has 0 spiro atoms. The van der Waals surface area contributed by atoms with E-state index in [2.05, 4.69) is 44.0 Å². The first-order valence-corrected chi connectivity index (χ1v) is 6.37. The zero-order valence-electron chi connectivity index (χ0n) is 11.9. The first-order chi connectivity index (χ1) is 8.19. The van der Waals surface area contributed by atoms with Crippen molar-refractivity contribution >= 4 is 10.8 Å². The molecular formula is C16H22N2. The topological polar surface area (TPSA) is 38.9 Å². The van der Waals surface area contributed by atoms with Gasteiger partial charge in [-0.25, -0.2) is 0 Å². The van der Waals surface area contributed by atoms with E-state index in [0.29, 0.717) is 0 Å². The molecular weight excluding hydrogens is 220 g/mol. The number of hydrogen-bond donors (Lipinski definition) is 1. The van der Waals surface area contributed by atoms with E-state index in [9.17, 15) is 0 Å². The molecule has 0 atom stereocenters. The maximum absolute atomic E-state index is 6.15. The predicted octanol–water partition coefficient (Wildman–Crippen LogP) is 3.73. The van der Waals surface area contributed by atoms with Crippen LogP contribution in [0.5, 0.6) is 0 Å². The summed E-state index contributed by atoms with van der Waals surface area (Å²) in [4.78, 5) is 4.36. The van der Waals surface area contributed by atoms with Crippen molar-refractivity contribution in [2.75, 3.05) is 0 Å². The van der Waals surface area contributed by atoms with E-state index in [1.54, 1.807) is 0 Å². The molecule has 18 heavy (non-hydrogen) atoms. The van der Waals surface area contributed by atoms with Crippen molar-refractivity contribution < 1.29 is 0 Å². The van der Waals surface area contributed by atoms with Gasteiger partial charge in [-0.3, -0.25) is 4.98 Å². The number of hydrogen-bond acceptors (Lipinski definition) is 2. The second-order valence-corrected chi connectivity index (χ2v) is 6.59. The first-order valence-electron chi connectivity index (χ1n) is 6.37.